The van der Waals surface area contributed by atoms with Crippen molar-refractivity contribution in [3.05, 3.63) is 60.1 Å². The summed E-state index contributed by atoms with van der Waals surface area (Å²) >= 11 is 0. The molecule has 1 aromatic carbocycles. The number of benzene rings is 1. The molecule has 0 unspecified atom stereocenters. The highest BCUT2D eigenvalue weighted by Crippen LogP contribution is 2.20. The maximum absolute atomic E-state index is 12.4. The van der Waals surface area contributed by atoms with Gasteiger partial charge in [0, 0.05) is 25.6 Å². The number of furan rings is 1. The lowest BCUT2D eigenvalue weighted by Crippen LogP contribution is -2.43. The number of rotatable bonds is 5. The zero-order chi connectivity index (χ0) is 17.6. The van der Waals surface area contributed by atoms with E-state index in [1.165, 1.54) is 11.8 Å². The first-order valence-electron chi connectivity index (χ1n) is 8.80. The summed E-state index contributed by atoms with van der Waals surface area (Å²) in [5.41, 5.74) is 1.22. The van der Waals surface area contributed by atoms with Crippen molar-refractivity contribution >= 4 is 11.8 Å². The summed E-state index contributed by atoms with van der Waals surface area (Å²) in [6, 6.07) is 13.6. The summed E-state index contributed by atoms with van der Waals surface area (Å²) in [4.78, 5) is 26.4. The van der Waals surface area contributed by atoms with Crippen LogP contribution in [-0.2, 0) is 4.79 Å². The van der Waals surface area contributed by atoms with Crippen LogP contribution in [-0.4, -0.2) is 36.3 Å². The second-order valence-corrected chi connectivity index (χ2v) is 6.60. The largest absolute Gasteiger partial charge is 0.459 e. The molecular weight excluding hydrogens is 316 g/mol. The van der Waals surface area contributed by atoms with E-state index in [-0.39, 0.29) is 23.7 Å². The van der Waals surface area contributed by atoms with Gasteiger partial charge in [-0.05, 0) is 36.5 Å². The van der Waals surface area contributed by atoms with E-state index in [1.54, 1.807) is 17.0 Å². The molecule has 0 spiro atoms. The van der Waals surface area contributed by atoms with Crippen molar-refractivity contribution in [2.75, 3.05) is 19.6 Å². The highest BCUT2D eigenvalue weighted by atomic mass is 16.3. The van der Waals surface area contributed by atoms with Gasteiger partial charge in [-0.2, -0.15) is 0 Å². The van der Waals surface area contributed by atoms with Gasteiger partial charge < -0.3 is 14.6 Å². The number of carbonyl (C=O) groups excluding carboxylic acids is 2. The van der Waals surface area contributed by atoms with Gasteiger partial charge in [-0.15, -0.1) is 0 Å². The summed E-state index contributed by atoms with van der Waals surface area (Å²) in [5.74, 6) is 0.614. The van der Waals surface area contributed by atoms with Crippen LogP contribution in [0.15, 0.2) is 53.1 Å². The van der Waals surface area contributed by atoms with E-state index in [4.69, 9.17) is 4.42 Å². The standard InChI is InChI=1S/C20H24N2O3/c1-15(16-6-3-2-4-7-16)14-21-19(23)17-9-11-22(12-10-17)20(24)18-8-5-13-25-18/h2-8,13,15,17H,9-12,14H2,1H3,(H,21,23)/t15-/m1/s1. The van der Waals surface area contributed by atoms with Crippen LogP contribution in [0, 0.1) is 5.92 Å². The van der Waals surface area contributed by atoms with Crippen molar-refractivity contribution < 1.29 is 14.0 Å². The number of nitrogens with zero attached hydrogens (tertiary/aromatic N) is 1. The average Bonchev–Trinajstić information content (AvgIpc) is 3.21. The molecule has 1 N–H and O–H groups in total. The maximum Gasteiger partial charge on any atom is 0.289 e. The van der Waals surface area contributed by atoms with E-state index in [0.29, 0.717) is 38.2 Å². The zero-order valence-electron chi connectivity index (χ0n) is 14.5. The Morgan fingerprint density at radius 3 is 2.52 bits per heavy atom. The van der Waals surface area contributed by atoms with Crippen LogP contribution in [0.4, 0.5) is 0 Å². The van der Waals surface area contributed by atoms with E-state index >= 15 is 0 Å². The fourth-order valence-corrected chi connectivity index (χ4v) is 3.20. The minimum Gasteiger partial charge on any atom is -0.459 e. The molecule has 1 aliphatic heterocycles. The van der Waals surface area contributed by atoms with Crippen molar-refractivity contribution in [1.82, 2.24) is 10.2 Å². The second kappa shape index (κ2) is 8.01. The van der Waals surface area contributed by atoms with Crippen LogP contribution < -0.4 is 5.32 Å². The number of likely N-dealkylation sites (tertiary alicyclic amines) is 1. The Morgan fingerprint density at radius 1 is 1.16 bits per heavy atom. The third-order valence-corrected chi connectivity index (χ3v) is 4.84. The molecule has 2 aromatic rings. The molecule has 3 rings (SSSR count). The fraction of sp³-hybridized carbons (Fsp3) is 0.400. The first kappa shape index (κ1) is 17.3. The summed E-state index contributed by atoms with van der Waals surface area (Å²) in [6.45, 7) is 3.92. The smallest absolute Gasteiger partial charge is 0.289 e. The lowest BCUT2D eigenvalue weighted by Gasteiger charge is -2.31. The highest BCUT2D eigenvalue weighted by molar-refractivity contribution is 5.91. The summed E-state index contributed by atoms with van der Waals surface area (Å²) < 4.78 is 5.16. The monoisotopic (exact) mass is 340 g/mol. The molecule has 0 bridgehead atoms. The predicted octanol–water partition coefficient (Wildman–Crippen LogP) is 3.05. The molecule has 1 aromatic heterocycles. The predicted molar refractivity (Wildman–Crippen MR) is 95.2 cm³/mol. The molecule has 25 heavy (non-hydrogen) atoms. The van der Waals surface area contributed by atoms with Gasteiger partial charge in [0.25, 0.3) is 5.91 Å². The molecule has 5 heteroatoms. The molecule has 1 fully saturated rings. The molecule has 2 amide bonds. The molecule has 5 nitrogen and oxygen atoms in total. The average molecular weight is 340 g/mol. The first-order valence-corrected chi connectivity index (χ1v) is 8.80. The van der Waals surface area contributed by atoms with Crippen molar-refractivity contribution in [1.29, 1.82) is 0 Å². The third-order valence-electron chi connectivity index (χ3n) is 4.84. The topological polar surface area (TPSA) is 62.6 Å². The van der Waals surface area contributed by atoms with Gasteiger partial charge in [0.1, 0.15) is 0 Å². The quantitative estimate of drug-likeness (QED) is 0.910. The minimum atomic E-state index is -0.0958. The number of carbonyl (C=O) groups is 2. The Bertz CT molecular complexity index is 689. The molecule has 1 saturated heterocycles. The van der Waals surface area contributed by atoms with Gasteiger partial charge in [0.05, 0.1) is 6.26 Å². The van der Waals surface area contributed by atoms with E-state index < -0.39 is 0 Å². The zero-order valence-corrected chi connectivity index (χ0v) is 14.5. The molecule has 132 valence electrons. The number of piperidine rings is 1. The van der Waals surface area contributed by atoms with Crippen LogP contribution in [0.3, 0.4) is 0 Å². The summed E-state index contributed by atoms with van der Waals surface area (Å²) in [5, 5.41) is 3.06. The Kier molecular flexibility index (Phi) is 5.53. The number of hydrogen-bond acceptors (Lipinski definition) is 3. The lowest BCUT2D eigenvalue weighted by atomic mass is 9.95. The molecule has 1 aliphatic rings. The number of nitrogens with one attached hydrogen (secondary N) is 1. The number of amides is 2. The summed E-state index contributed by atoms with van der Waals surface area (Å²) in [6.07, 6.45) is 2.89. The van der Waals surface area contributed by atoms with Gasteiger partial charge in [0.2, 0.25) is 5.91 Å². The van der Waals surface area contributed by atoms with E-state index in [1.807, 2.05) is 18.2 Å². The number of hydrogen-bond donors (Lipinski definition) is 1. The van der Waals surface area contributed by atoms with Crippen LogP contribution in [0.2, 0.25) is 0 Å². The first-order chi connectivity index (χ1) is 12.1. The lowest BCUT2D eigenvalue weighted by molar-refractivity contribution is -0.126. The Balaban J connectivity index is 1.45. The molecular formula is C20H24N2O3. The van der Waals surface area contributed by atoms with E-state index in [9.17, 15) is 9.59 Å². The molecule has 0 saturated carbocycles. The van der Waals surface area contributed by atoms with Crippen molar-refractivity contribution in [2.45, 2.75) is 25.7 Å². The van der Waals surface area contributed by atoms with Crippen LogP contribution in [0.5, 0.6) is 0 Å². The Labute approximate surface area is 148 Å². The van der Waals surface area contributed by atoms with Gasteiger partial charge in [0.15, 0.2) is 5.76 Å². The maximum atomic E-state index is 12.4. The summed E-state index contributed by atoms with van der Waals surface area (Å²) in [7, 11) is 0. The van der Waals surface area contributed by atoms with Crippen molar-refractivity contribution in [3.63, 3.8) is 0 Å². The third kappa shape index (κ3) is 4.29. The van der Waals surface area contributed by atoms with Crippen molar-refractivity contribution in [3.8, 4) is 0 Å². The highest BCUT2D eigenvalue weighted by Gasteiger charge is 2.28. The Hall–Kier alpha value is -2.56. The van der Waals surface area contributed by atoms with E-state index in [2.05, 4.69) is 24.4 Å². The van der Waals surface area contributed by atoms with E-state index in [0.717, 1.165) is 0 Å². The normalized spacial score (nSPS) is 16.4. The van der Waals surface area contributed by atoms with Crippen LogP contribution in [0.25, 0.3) is 0 Å². The SMILES string of the molecule is C[C@H](CNC(=O)C1CCN(C(=O)c2ccco2)CC1)c1ccccc1. The second-order valence-electron chi connectivity index (χ2n) is 6.60. The minimum absolute atomic E-state index is 0.0244. The fourth-order valence-electron chi connectivity index (χ4n) is 3.20. The van der Waals surface area contributed by atoms with Crippen molar-refractivity contribution in [2.24, 2.45) is 5.92 Å². The van der Waals surface area contributed by atoms with Crippen LogP contribution >= 0.6 is 0 Å². The van der Waals surface area contributed by atoms with Gasteiger partial charge in [-0.1, -0.05) is 37.3 Å². The van der Waals surface area contributed by atoms with Crippen LogP contribution in [0.1, 0.15) is 41.8 Å². The van der Waals surface area contributed by atoms with Gasteiger partial charge >= 0.3 is 0 Å². The van der Waals surface area contributed by atoms with Gasteiger partial charge in [-0.3, -0.25) is 9.59 Å². The molecule has 2 heterocycles. The molecule has 0 radical (unpaired) electrons. The molecule has 0 aliphatic carbocycles. The molecule has 1 atom stereocenters. The van der Waals surface area contributed by atoms with Gasteiger partial charge in [-0.25, -0.2) is 0 Å². The Morgan fingerprint density at radius 2 is 1.88 bits per heavy atom.